The average molecular weight is 917 g/mol. The SMILES string of the molecule is CCCCCCCCCCCCCCCCCC/C=C/CC/C=C/CC/C=C/CCCC(O)C(O)C(CO)NC(=O)C(O)CCCCCCCCCCCCCCCCCCCCCC. The molecule has 0 aromatic rings. The van der Waals surface area contributed by atoms with Crippen molar-refractivity contribution >= 4 is 5.91 Å². The van der Waals surface area contributed by atoms with E-state index in [1.165, 1.54) is 218 Å². The van der Waals surface area contributed by atoms with Gasteiger partial charge in [-0.2, -0.15) is 0 Å². The molecule has 0 fully saturated rings. The lowest BCUT2D eigenvalue weighted by Crippen LogP contribution is -2.53. The Kier molecular flexibility index (Phi) is 52.3. The molecular weight excluding hydrogens is 803 g/mol. The van der Waals surface area contributed by atoms with E-state index in [4.69, 9.17) is 0 Å². The highest BCUT2D eigenvalue weighted by Gasteiger charge is 2.28. The highest BCUT2D eigenvalue weighted by molar-refractivity contribution is 5.80. The number of nitrogens with one attached hydrogen (secondary N) is 1. The Morgan fingerprint density at radius 1 is 0.369 bits per heavy atom. The number of carbonyl (C=O) groups excluding carboxylic acids is 1. The Hall–Kier alpha value is -1.47. The monoisotopic (exact) mass is 916 g/mol. The molecule has 4 atom stereocenters. The van der Waals surface area contributed by atoms with E-state index in [2.05, 4.69) is 55.6 Å². The lowest BCUT2D eigenvalue weighted by molar-refractivity contribution is -0.132. The molecule has 384 valence electrons. The number of aliphatic hydroxyl groups is 4. The van der Waals surface area contributed by atoms with Crippen LogP contribution in [0.15, 0.2) is 36.5 Å². The molecule has 0 spiro atoms. The van der Waals surface area contributed by atoms with Gasteiger partial charge in [0, 0.05) is 0 Å². The Morgan fingerprint density at radius 2 is 0.646 bits per heavy atom. The molecule has 0 heterocycles. The third kappa shape index (κ3) is 47.4. The molecule has 0 radical (unpaired) electrons. The van der Waals surface area contributed by atoms with Gasteiger partial charge >= 0.3 is 0 Å². The fourth-order valence-electron chi connectivity index (χ4n) is 9.03. The first-order valence-electron chi connectivity index (χ1n) is 28.9. The van der Waals surface area contributed by atoms with Gasteiger partial charge in [-0.25, -0.2) is 0 Å². The van der Waals surface area contributed by atoms with Gasteiger partial charge in [0.25, 0.3) is 0 Å². The van der Waals surface area contributed by atoms with Crippen molar-refractivity contribution in [2.24, 2.45) is 0 Å². The van der Waals surface area contributed by atoms with Gasteiger partial charge < -0.3 is 25.7 Å². The third-order valence-electron chi connectivity index (χ3n) is 13.6. The van der Waals surface area contributed by atoms with Crippen molar-refractivity contribution in [3.8, 4) is 0 Å². The largest absolute Gasteiger partial charge is 0.394 e. The molecule has 0 aromatic heterocycles. The number of allylic oxidation sites excluding steroid dienone is 6. The number of aliphatic hydroxyl groups excluding tert-OH is 4. The molecule has 0 aliphatic heterocycles. The highest BCUT2D eigenvalue weighted by atomic mass is 16.3. The zero-order valence-electron chi connectivity index (χ0n) is 43.5. The summed E-state index contributed by atoms with van der Waals surface area (Å²) in [6, 6.07) is -1.01. The Labute approximate surface area is 405 Å². The second kappa shape index (κ2) is 53.5. The van der Waals surface area contributed by atoms with Crippen molar-refractivity contribution in [1.29, 1.82) is 0 Å². The first-order valence-corrected chi connectivity index (χ1v) is 28.9. The van der Waals surface area contributed by atoms with Gasteiger partial charge in [0.2, 0.25) is 5.91 Å². The lowest BCUT2D eigenvalue weighted by atomic mass is 10.00. The van der Waals surface area contributed by atoms with Gasteiger partial charge in [-0.1, -0.05) is 275 Å². The molecular formula is C59H113NO5. The highest BCUT2D eigenvalue weighted by Crippen LogP contribution is 2.17. The van der Waals surface area contributed by atoms with Crippen molar-refractivity contribution in [3.63, 3.8) is 0 Å². The number of amides is 1. The normalized spacial score (nSPS) is 14.0. The molecule has 0 rings (SSSR count). The molecule has 1 amide bonds. The number of hydrogen-bond acceptors (Lipinski definition) is 5. The molecule has 6 heteroatoms. The van der Waals surface area contributed by atoms with E-state index in [0.29, 0.717) is 19.3 Å². The second-order valence-electron chi connectivity index (χ2n) is 20.0. The van der Waals surface area contributed by atoms with Crippen LogP contribution in [0.2, 0.25) is 0 Å². The molecule has 0 aliphatic rings. The van der Waals surface area contributed by atoms with Crippen LogP contribution in [-0.4, -0.2) is 57.3 Å². The molecule has 6 nitrogen and oxygen atoms in total. The third-order valence-corrected chi connectivity index (χ3v) is 13.6. The van der Waals surface area contributed by atoms with Gasteiger partial charge in [-0.15, -0.1) is 0 Å². The van der Waals surface area contributed by atoms with Crippen LogP contribution in [0.4, 0.5) is 0 Å². The van der Waals surface area contributed by atoms with Crippen molar-refractivity contribution in [2.45, 2.75) is 327 Å². The van der Waals surface area contributed by atoms with Crippen LogP contribution in [0.3, 0.4) is 0 Å². The molecule has 5 N–H and O–H groups in total. The maximum atomic E-state index is 12.6. The predicted octanol–water partition coefficient (Wildman–Crippen LogP) is 16.8. The first-order chi connectivity index (χ1) is 32.0. The van der Waals surface area contributed by atoms with Crippen LogP contribution in [0.1, 0.15) is 303 Å². The lowest BCUT2D eigenvalue weighted by Gasteiger charge is -2.27. The standard InChI is InChI=1S/C59H113NO5/c1-3-5-7-9-11-13-15-17-19-21-23-25-26-27-28-29-30-31-32-33-35-36-38-40-42-44-46-48-50-52-56(62)58(64)55(54-61)60-59(65)57(63)53-51-49-47-45-43-41-39-37-34-24-22-20-18-16-14-12-10-8-6-4-2/h31-32,36,38,44,46,55-58,61-64H,3-30,33-35,37,39-43,45,47-54H2,1-2H3,(H,60,65)/b32-31+,38-36+,46-44+. The summed E-state index contributed by atoms with van der Waals surface area (Å²) in [5.74, 6) is -0.595. The summed E-state index contributed by atoms with van der Waals surface area (Å²) in [4.78, 5) is 12.6. The zero-order chi connectivity index (χ0) is 47.4. The van der Waals surface area contributed by atoms with E-state index in [1.54, 1.807) is 0 Å². The maximum absolute atomic E-state index is 12.6. The summed E-state index contributed by atoms with van der Waals surface area (Å²) in [6.45, 7) is 4.07. The van der Waals surface area contributed by atoms with E-state index in [9.17, 15) is 25.2 Å². The fourth-order valence-corrected chi connectivity index (χ4v) is 9.03. The number of rotatable bonds is 53. The van der Waals surface area contributed by atoms with E-state index in [-0.39, 0.29) is 0 Å². The number of hydrogen-bond donors (Lipinski definition) is 5. The van der Waals surface area contributed by atoms with E-state index >= 15 is 0 Å². The molecule has 0 aliphatic carbocycles. The minimum Gasteiger partial charge on any atom is -0.394 e. The smallest absolute Gasteiger partial charge is 0.249 e. The minimum absolute atomic E-state index is 0.362. The number of unbranched alkanes of at least 4 members (excludes halogenated alkanes) is 38. The Balaban J connectivity index is 3.69. The van der Waals surface area contributed by atoms with Crippen molar-refractivity contribution in [3.05, 3.63) is 36.5 Å². The van der Waals surface area contributed by atoms with Crippen molar-refractivity contribution < 1.29 is 25.2 Å². The van der Waals surface area contributed by atoms with Crippen LogP contribution in [0.5, 0.6) is 0 Å². The van der Waals surface area contributed by atoms with Crippen molar-refractivity contribution in [1.82, 2.24) is 5.32 Å². The van der Waals surface area contributed by atoms with Gasteiger partial charge in [-0.05, 0) is 64.2 Å². The van der Waals surface area contributed by atoms with Crippen LogP contribution in [0, 0.1) is 0 Å². The van der Waals surface area contributed by atoms with Crippen molar-refractivity contribution in [2.75, 3.05) is 6.61 Å². The topological polar surface area (TPSA) is 110 Å². The maximum Gasteiger partial charge on any atom is 0.249 e. The van der Waals surface area contributed by atoms with E-state index < -0.39 is 36.9 Å². The predicted molar refractivity (Wildman–Crippen MR) is 284 cm³/mol. The summed E-state index contributed by atoms with van der Waals surface area (Å²) in [5, 5.41) is 44.0. The summed E-state index contributed by atoms with van der Waals surface area (Å²) in [5.41, 5.74) is 0. The van der Waals surface area contributed by atoms with Gasteiger partial charge in [0.1, 0.15) is 12.2 Å². The Morgan fingerprint density at radius 3 is 0.969 bits per heavy atom. The fraction of sp³-hybridized carbons (Fsp3) is 0.881. The second-order valence-corrected chi connectivity index (χ2v) is 20.0. The van der Waals surface area contributed by atoms with Crippen LogP contribution in [-0.2, 0) is 4.79 Å². The summed E-state index contributed by atoms with van der Waals surface area (Å²) < 4.78 is 0. The molecule has 0 saturated carbocycles. The average Bonchev–Trinajstić information content (AvgIpc) is 3.31. The van der Waals surface area contributed by atoms with Gasteiger partial charge in [-0.3, -0.25) is 4.79 Å². The van der Waals surface area contributed by atoms with Crippen LogP contribution < -0.4 is 5.32 Å². The molecule has 0 saturated heterocycles. The molecule has 4 unspecified atom stereocenters. The number of carbonyl (C=O) groups is 1. The molecule has 65 heavy (non-hydrogen) atoms. The van der Waals surface area contributed by atoms with Gasteiger partial charge in [0.15, 0.2) is 0 Å². The van der Waals surface area contributed by atoms with Crippen LogP contribution >= 0.6 is 0 Å². The molecule has 0 aromatic carbocycles. The van der Waals surface area contributed by atoms with Crippen LogP contribution in [0.25, 0.3) is 0 Å². The zero-order valence-corrected chi connectivity index (χ0v) is 43.5. The summed E-state index contributed by atoms with van der Waals surface area (Å²) >= 11 is 0. The van der Waals surface area contributed by atoms with Gasteiger partial charge in [0.05, 0.1) is 18.8 Å². The van der Waals surface area contributed by atoms with E-state index in [0.717, 1.165) is 51.4 Å². The molecule has 0 bridgehead atoms. The summed E-state index contributed by atoms with van der Waals surface area (Å²) in [7, 11) is 0. The summed E-state index contributed by atoms with van der Waals surface area (Å²) in [6.07, 6.45) is 66.5. The Bertz CT molecular complexity index is 1030. The minimum atomic E-state index is -1.29. The quantitative estimate of drug-likeness (QED) is 0.0308. The van der Waals surface area contributed by atoms with E-state index in [1.807, 2.05) is 0 Å². The first kappa shape index (κ1) is 63.5.